The van der Waals surface area contributed by atoms with Gasteiger partial charge in [-0.1, -0.05) is 18.7 Å². The van der Waals surface area contributed by atoms with Gasteiger partial charge in [0.1, 0.15) is 0 Å². The van der Waals surface area contributed by atoms with Crippen LogP contribution in [0.5, 0.6) is 0 Å². The summed E-state index contributed by atoms with van der Waals surface area (Å²) in [6.07, 6.45) is -0.0832. The van der Waals surface area contributed by atoms with E-state index in [4.69, 9.17) is 0 Å². The summed E-state index contributed by atoms with van der Waals surface area (Å²) in [7, 11) is 0. The molecule has 0 spiro atoms. The fourth-order valence-electron chi connectivity index (χ4n) is 0.500. The normalized spacial score (nSPS) is 10.6. The number of carbonyl (C=O) groups is 2. The zero-order chi connectivity index (χ0) is 12.6. The van der Waals surface area contributed by atoms with E-state index in [-0.39, 0.29) is 12.3 Å². The highest BCUT2D eigenvalue weighted by atomic mass is 16.7. The topological polar surface area (TPSA) is 77.0 Å². The summed E-state index contributed by atoms with van der Waals surface area (Å²) in [5.41, 5.74) is 0.948. The Hall–Kier alpha value is -1.85. The second-order valence-electron chi connectivity index (χ2n) is 3.09. The maximum Gasteiger partial charge on any atom is 0.435 e. The van der Waals surface area contributed by atoms with E-state index in [0.29, 0.717) is 12.1 Å². The first-order valence-corrected chi connectivity index (χ1v) is 4.78. The molecule has 0 aliphatic rings. The molecule has 0 rings (SSSR count). The minimum atomic E-state index is -0.776. The Balaban J connectivity index is 3.75. The van der Waals surface area contributed by atoms with Crippen molar-refractivity contribution < 1.29 is 19.2 Å². The maximum absolute atomic E-state index is 11.0. The van der Waals surface area contributed by atoms with Gasteiger partial charge in [-0.15, -0.1) is 0 Å². The van der Waals surface area contributed by atoms with Crippen molar-refractivity contribution in [3.63, 3.8) is 0 Å². The van der Waals surface area contributed by atoms with E-state index in [1.807, 2.05) is 6.92 Å². The van der Waals surface area contributed by atoms with Crippen LogP contribution in [-0.4, -0.2) is 24.5 Å². The summed E-state index contributed by atoms with van der Waals surface area (Å²) in [4.78, 5) is 26.3. The van der Waals surface area contributed by atoms with Gasteiger partial charge in [-0.05, 0) is 20.3 Å². The van der Waals surface area contributed by atoms with Gasteiger partial charge in [0.2, 0.25) is 0 Å². The first-order chi connectivity index (χ1) is 7.47. The van der Waals surface area contributed by atoms with Crippen molar-refractivity contribution in [2.24, 2.45) is 5.16 Å². The predicted octanol–water partition coefficient (Wildman–Crippen LogP) is 1.58. The second-order valence-corrected chi connectivity index (χ2v) is 3.09. The summed E-state index contributed by atoms with van der Waals surface area (Å²) in [6, 6.07) is 0. The van der Waals surface area contributed by atoms with Crippen LogP contribution < -0.4 is 5.32 Å². The number of esters is 1. The molecule has 0 fully saturated rings. The number of hydrogen-bond acceptors (Lipinski definition) is 5. The summed E-state index contributed by atoms with van der Waals surface area (Å²) in [5.74, 6) is -0.575. The zero-order valence-corrected chi connectivity index (χ0v) is 9.70. The number of nitrogens with one attached hydrogen (secondary N) is 1. The van der Waals surface area contributed by atoms with E-state index in [1.165, 1.54) is 6.92 Å². The van der Waals surface area contributed by atoms with Crippen LogP contribution in [0.4, 0.5) is 4.79 Å². The summed E-state index contributed by atoms with van der Waals surface area (Å²) >= 11 is 0. The average molecular weight is 228 g/mol. The van der Waals surface area contributed by atoms with Crippen LogP contribution in [0.2, 0.25) is 0 Å². The number of oxime groups is 1. The Morgan fingerprint density at radius 1 is 1.38 bits per heavy atom. The van der Waals surface area contributed by atoms with Gasteiger partial charge in [-0.2, -0.15) is 0 Å². The molecule has 16 heavy (non-hydrogen) atoms. The van der Waals surface area contributed by atoms with E-state index < -0.39 is 12.1 Å². The molecule has 0 heterocycles. The van der Waals surface area contributed by atoms with Crippen LogP contribution >= 0.6 is 0 Å². The molecule has 0 atom stereocenters. The Labute approximate surface area is 94.3 Å². The van der Waals surface area contributed by atoms with Crippen LogP contribution in [0.3, 0.4) is 0 Å². The predicted molar refractivity (Wildman–Crippen MR) is 58.8 cm³/mol. The van der Waals surface area contributed by atoms with E-state index in [2.05, 4.69) is 26.6 Å². The fraction of sp³-hybridized carbons (Fsp3) is 0.500. The monoisotopic (exact) mass is 228 g/mol. The third-order valence-electron chi connectivity index (χ3n) is 1.56. The molecule has 90 valence electrons. The molecule has 0 unspecified atom stereocenters. The number of nitrogens with zero attached hydrogens (tertiary/aromatic N) is 1. The molecule has 1 N–H and O–H groups in total. The molecule has 6 nitrogen and oxygen atoms in total. The minimum Gasteiger partial charge on any atom is -0.441 e. The lowest BCUT2D eigenvalue weighted by Gasteiger charge is -2.04. The Bertz CT molecular complexity index is 310. The molecule has 0 radical (unpaired) electrons. The van der Waals surface area contributed by atoms with Crippen LogP contribution in [0.15, 0.2) is 17.3 Å². The van der Waals surface area contributed by atoms with E-state index in [1.54, 1.807) is 6.92 Å². The van der Waals surface area contributed by atoms with Crippen molar-refractivity contribution in [1.82, 2.24) is 5.32 Å². The molecule has 0 aromatic carbocycles. The number of hydrogen-bond donors (Lipinski definition) is 1. The van der Waals surface area contributed by atoms with Crippen molar-refractivity contribution in [3.05, 3.63) is 12.2 Å². The lowest BCUT2D eigenvalue weighted by Crippen LogP contribution is -2.27. The smallest absolute Gasteiger partial charge is 0.435 e. The zero-order valence-electron chi connectivity index (χ0n) is 9.70. The lowest BCUT2D eigenvalue weighted by atomic mass is 10.3. The van der Waals surface area contributed by atoms with Crippen molar-refractivity contribution >= 4 is 17.8 Å². The Kier molecular flexibility index (Phi) is 6.58. The SMILES string of the molecule is C=C(C)C(=O)OCNC(=O)ON=C(C)CC. The van der Waals surface area contributed by atoms with Gasteiger partial charge in [0, 0.05) is 5.57 Å². The van der Waals surface area contributed by atoms with Crippen molar-refractivity contribution in [3.8, 4) is 0 Å². The van der Waals surface area contributed by atoms with Crippen LogP contribution in [-0.2, 0) is 14.4 Å². The lowest BCUT2D eigenvalue weighted by molar-refractivity contribution is -0.139. The maximum atomic E-state index is 11.0. The van der Waals surface area contributed by atoms with Gasteiger partial charge >= 0.3 is 12.1 Å². The van der Waals surface area contributed by atoms with Crippen LogP contribution in [0.25, 0.3) is 0 Å². The highest BCUT2D eigenvalue weighted by molar-refractivity contribution is 5.87. The Morgan fingerprint density at radius 2 is 2.00 bits per heavy atom. The van der Waals surface area contributed by atoms with Crippen molar-refractivity contribution in [2.45, 2.75) is 27.2 Å². The van der Waals surface area contributed by atoms with Gasteiger partial charge in [0.25, 0.3) is 0 Å². The van der Waals surface area contributed by atoms with Crippen LogP contribution in [0, 0.1) is 0 Å². The van der Waals surface area contributed by atoms with Crippen LogP contribution in [0.1, 0.15) is 27.2 Å². The van der Waals surface area contributed by atoms with E-state index in [0.717, 1.165) is 0 Å². The summed E-state index contributed by atoms with van der Waals surface area (Å²) in [6.45, 7) is 8.23. The van der Waals surface area contributed by atoms with E-state index in [9.17, 15) is 9.59 Å². The highest BCUT2D eigenvalue weighted by Crippen LogP contribution is 1.91. The van der Waals surface area contributed by atoms with Gasteiger partial charge in [0.05, 0.1) is 5.71 Å². The molecule has 6 heteroatoms. The quantitative estimate of drug-likeness (QED) is 0.193. The third kappa shape index (κ3) is 6.58. The molecule has 0 aliphatic heterocycles. The number of carbonyl (C=O) groups excluding carboxylic acids is 2. The molecular weight excluding hydrogens is 212 g/mol. The average Bonchev–Trinajstić information content (AvgIpc) is 2.25. The molecule has 0 saturated carbocycles. The fourth-order valence-corrected chi connectivity index (χ4v) is 0.500. The first-order valence-electron chi connectivity index (χ1n) is 4.78. The highest BCUT2D eigenvalue weighted by Gasteiger charge is 2.05. The first kappa shape index (κ1) is 14.2. The van der Waals surface area contributed by atoms with Gasteiger partial charge < -0.3 is 4.74 Å². The molecule has 0 saturated heterocycles. The molecule has 0 bridgehead atoms. The van der Waals surface area contributed by atoms with Gasteiger partial charge in [-0.25, -0.2) is 9.59 Å². The molecule has 0 aliphatic carbocycles. The van der Waals surface area contributed by atoms with E-state index >= 15 is 0 Å². The second kappa shape index (κ2) is 7.44. The number of rotatable bonds is 5. The largest absolute Gasteiger partial charge is 0.441 e. The molecular formula is C10H16N2O4. The number of ether oxygens (including phenoxy) is 1. The van der Waals surface area contributed by atoms with Crippen molar-refractivity contribution in [1.29, 1.82) is 0 Å². The standard InChI is InChI=1S/C10H16N2O4/c1-5-8(4)12-16-10(14)11-6-15-9(13)7(2)3/h2,5-6H2,1,3-4H3,(H,11,14). The molecule has 0 aromatic heterocycles. The van der Waals surface area contributed by atoms with Gasteiger partial charge in [0.15, 0.2) is 6.73 Å². The molecule has 0 aromatic rings. The summed E-state index contributed by atoms with van der Waals surface area (Å²) < 4.78 is 4.61. The van der Waals surface area contributed by atoms with Crippen molar-refractivity contribution in [2.75, 3.05) is 6.73 Å². The third-order valence-corrected chi connectivity index (χ3v) is 1.56. The Morgan fingerprint density at radius 3 is 2.50 bits per heavy atom. The number of amides is 1. The summed E-state index contributed by atoms with van der Waals surface area (Å²) in [5, 5.41) is 5.72. The molecule has 1 amide bonds. The van der Waals surface area contributed by atoms with Gasteiger partial charge in [-0.3, -0.25) is 10.2 Å². The minimum absolute atomic E-state index is 0.259.